The van der Waals surface area contributed by atoms with Crippen LogP contribution in [-0.2, 0) is 4.84 Å². The van der Waals surface area contributed by atoms with Crippen molar-refractivity contribution in [2.45, 2.75) is 6.92 Å². The lowest BCUT2D eigenvalue weighted by molar-refractivity contribution is 0.167. The van der Waals surface area contributed by atoms with Gasteiger partial charge < -0.3 is 0 Å². The molecule has 1 aromatic carbocycles. The van der Waals surface area contributed by atoms with Crippen molar-refractivity contribution < 1.29 is 9.63 Å². The average molecular weight is 261 g/mol. The zero-order valence-electron chi connectivity index (χ0n) is 8.54. The number of halogens is 2. The Hall–Kier alpha value is -1.26. The lowest BCUT2D eigenvalue weighted by atomic mass is 10.2. The maximum Gasteiger partial charge on any atom is 0.437 e. The molecule has 0 bridgehead atoms. The van der Waals surface area contributed by atoms with Crippen molar-refractivity contribution >= 4 is 40.2 Å². The van der Waals surface area contributed by atoms with E-state index in [0.29, 0.717) is 5.69 Å². The maximum atomic E-state index is 11.2. The summed E-state index contributed by atoms with van der Waals surface area (Å²) in [6.45, 7) is 1.95. The molecular formula is C10H10Cl2N2O2. The van der Waals surface area contributed by atoms with Gasteiger partial charge in [0.1, 0.15) is 0 Å². The van der Waals surface area contributed by atoms with E-state index >= 15 is 0 Å². The Morgan fingerprint density at radius 2 is 2.06 bits per heavy atom. The van der Waals surface area contributed by atoms with Crippen LogP contribution in [0.25, 0.3) is 0 Å². The van der Waals surface area contributed by atoms with Crippen molar-refractivity contribution in [3.05, 3.63) is 29.8 Å². The fraction of sp³-hybridized carbons (Fsp3) is 0.200. The van der Waals surface area contributed by atoms with Gasteiger partial charge in [0.05, 0.1) is 5.88 Å². The molecule has 0 unspecified atom stereocenters. The Morgan fingerprint density at radius 1 is 1.44 bits per heavy atom. The molecule has 1 amide bonds. The summed E-state index contributed by atoms with van der Waals surface area (Å²) in [6, 6.07) is 7.24. The molecule has 0 saturated carbocycles. The summed E-state index contributed by atoms with van der Waals surface area (Å²) in [5, 5.41) is 5.79. The van der Waals surface area contributed by atoms with Crippen LogP contribution in [0, 0.1) is 6.92 Å². The molecule has 0 heterocycles. The number of hydrogen-bond donors (Lipinski definition) is 1. The van der Waals surface area contributed by atoms with Crippen molar-refractivity contribution in [1.29, 1.82) is 0 Å². The monoisotopic (exact) mass is 260 g/mol. The second-order valence-electron chi connectivity index (χ2n) is 2.97. The van der Waals surface area contributed by atoms with E-state index in [2.05, 4.69) is 15.3 Å². The number of nitrogens with zero attached hydrogens (tertiary/aromatic N) is 1. The predicted molar refractivity (Wildman–Crippen MR) is 65.3 cm³/mol. The van der Waals surface area contributed by atoms with E-state index < -0.39 is 6.09 Å². The number of anilines is 1. The maximum absolute atomic E-state index is 11.2. The minimum Gasteiger partial charge on any atom is -0.297 e. The third-order valence-electron chi connectivity index (χ3n) is 1.64. The second-order valence-corrected chi connectivity index (χ2v) is 3.67. The molecule has 1 rings (SSSR count). The molecule has 0 fully saturated rings. The molecule has 0 aliphatic carbocycles. The smallest absolute Gasteiger partial charge is 0.297 e. The van der Waals surface area contributed by atoms with Gasteiger partial charge in [0.2, 0.25) is 0 Å². The summed E-state index contributed by atoms with van der Waals surface area (Å²) in [4.78, 5) is 15.6. The first-order chi connectivity index (χ1) is 7.61. The summed E-state index contributed by atoms with van der Waals surface area (Å²) in [5.74, 6) is -0.000628. The molecule has 1 N–H and O–H groups in total. The van der Waals surface area contributed by atoms with Crippen molar-refractivity contribution in [1.82, 2.24) is 0 Å². The molecule has 16 heavy (non-hydrogen) atoms. The van der Waals surface area contributed by atoms with Crippen molar-refractivity contribution in [2.75, 3.05) is 11.2 Å². The highest BCUT2D eigenvalue weighted by Crippen LogP contribution is 2.08. The van der Waals surface area contributed by atoms with Crippen molar-refractivity contribution in [3.8, 4) is 0 Å². The van der Waals surface area contributed by atoms with Crippen molar-refractivity contribution in [2.24, 2.45) is 5.16 Å². The Kier molecular flexibility index (Phi) is 5.08. The second kappa shape index (κ2) is 6.35. The van der Waals surface area contributed by atoms with E-state index in [1.807, 2.05) is 19.1 Å². The van der Waals surface area contributed by atoms with Gasteiger partial charge in [-0.05, 0) is 19.1 Å². The number of nitrogens with one attached hydrogen (secondary N) is 1. The standard InChI is InChI=1S/C10H10Cl2N2O2/c1-7-2-4-8(5-3-7)13-10(15)16-14-9(12)6-11/h2-5H,6H2,1H3,(H,13,15)/b14-9-. The number of alkyl halides is 1. The van der Waals surface area contributed by atoms with Gasteiger partial charge in [-0.3, -0.25) is 10.2 Å². The normalized spacial score (nSPS) is 11.1. The van der Waals surface area contributed by atoms with Crippen LogP contribution in [0.2, 0.25) is 0 Å². The first-order valence-corrected chi connectivity index (χ1v) is 5.36. The zero-order valence-corrected chi connectivity index (χ0v) is 10.0. The minimum absolute atomic E-state index is 0.000628. The van der Waals surface area contributed by atoms with Gasteiger partial charge in [-0.1, -0.05) is 34.5 Å². The number of hydrogen-bond acceptors (Lipinski definition) is 3. The molecule has 0 atom stereocenters. The first-order valence-electron chi connectivity index (χ1n) is 4.45. The number of carbonyl (C=O) groups is 1. The van der Waals surface area contributed by atoms with Crippen LogP contribution in [0.15, 0.2) is 29.4 Å². The van der Waals surface area contributed by atoms with Crippen LogP contribution in [0.4, 0.5) is 10.5 Å². The molecule has 0 aliphatic rings. The number of oxime groups is 1. The van der Waals surface area contributed by atoms with Gasteiger partial charge in [-0.2, -0.15) is 0 Å². The van der Waals surface area contributed by atoms with E-state index in [9.17, 15) is 4.79 Å². The van der Waals surface area contributed by atoms with E-state index in [0.717, 1.165) is 5.56 Å². The highest BCUT2D eigenvalue weighted by Gasteiger charge is 2.02. The molecule has 4 nitrogen and oxygen atoms in total. The number of rotatable bonds is 3. The van der Waals surface area contributed by atoms with Crippen LogP contribution >= 0.6 is 23.2 Å². The molecule has 0 spiro atoms. The lowest BCUT2D eigenvalue weighted by Crippen LogP contribution is -2.11. The number of aryl methyl sites for hydroxylation is 1. The van der Waals surface area contributed by atoms with Crippen LogP contribution in [0.5, 0.6) is 0 Å². The van der Waals surface area contributed by atoms with Crippen LogP contribution < -0.4 is 5.32 Å². The Balaban J connectivity index is 2.49. The Morgan fingerprint density at radius 3 is 2.62 bits per heavy atom. The highest BCUT2D eigenvalue weighted by atomic mass is 35.5. The molecule has 1 aromatic rings. The first kappa shape index (κ1) is 12.8. The average Bonchev–Trinajstić information content (AvgIpc) is 2.29. The van der Waals surface area contributed by atoms with Gasteiger partial charge in [0, 0.05) is 5.69 Å². The lowest BCUT2D eigenvalue weighted by Gasteiger charge is -2.02. The molecule has 0 saturated heterocycles. The van der Waals surface area contributed by atoms with Gasteiger partial charge >= 0.3 is 6.09 Å². The van der Waals surface area contributed by atoms with E-state index in [-0.39, 0.29) is 11.1 Å². The van der Waals surface area contributed by atoms with Crippen LogP contribution in [0.1, 0.15) is 5.56 Å². The zero-order chi connectivity index (χ0) is 12.0. The number of benzene rings is 1. The molecule has 6 heteroatoms. The van der Waals surface area contributed by atoms with Crippen LogP contribution in [-0.4, -0.2) is 17.1 Å². The molecule has 0 aliphatic heterocycles. The van der Waals surface area contributed by atoms with Gasteiger partial charge in [-0.15, -0.1) is 11.6 Å². The van der Waals surface area contributed by atoms with Crippen molar-refractivity contribution in [3.63, 3.8) is 0 Å². The van der Waals surface area contributed by atoms with Gasteiger partial charge in [0.25, 0.3) is 0 Å². The highest BCUT2D eigenvalue weighted by molar-refractivity contribution is 6.69. The summed E-state index contributed by atoms with van der Waals surface area (Å²) < 4.78 is 0. The summed E-state index contributed by atoms with van der Waals surface area (Å²) >= 11 is 10.8. The van der Waals surface area contributed by atoms with E-state index in [1.54, 1.807) is 12.1 Å². The third kappa shape index (κ3) is 4.51. The fourth-order valence-corrected chi connectivity index (χ4v) is 0.976. The number of carbonyl (C=O) groups excluding carboxylic acids is 1. The van der Waals surface area contributed by atoms with Gasteiger partial charge in [-0.25, -0.2) is 4.79 Å². The number of amides is 1. The van der Waals surface area contributed by atoms with E-state index in [4.69, 9.17) is 23.2 Å². The summed E-state index contributed by atoms with van der Waals surface area (Å²) in [6.07, 6.45) is -0.716. The van der Waals surface area contributed by atoms with Crippen LogP contribution in [0.3, 0.4) is 0 Å². The molecule has 86 valence electrons. The van der Waals surface area contributed by atoms with Gasteiger partial charge in [0.15, 0.2) is 5.17 Å². The molecular weight excluding hydrogens is 251 g/mol. The largest absolute Gasteiger partial charge is 0.437 e. The topological polar surface area (TPSA) is 50.7 Å². The molecule has 0 radical (unpaired) electrons. The summed E-state index contributed by atoms with van der Waals surface area (Å²) in [5.41, 5.74) is 1.72. The SMILES string of the molecule is Cc1ccc(NC(=O)O/N=C(\Cl)CCl)cc1. The quantitative estimate of drug-likeness (QED) is 0.392. The summed E-state index contributed by atoms with van der Waals surface area (Å²) in [7, 11) is 0. The Bertz CT molecular complexity index is 390. The predicted octanol–water partition coefficient (Wildman–Crippen LogP) is 3.33. The fourth-order valence-electron chi connectivity index (χ4n) is 0.893. The molecule has 0 aromatic heterocycles. The van der Waals surface area contributed by atoms with E-state index in [1.165, 1.54) is 0 Å². The third-order valence-corrected chi connectivity index (χ3v) is 2.23. The minimum atomic E-state index is -0.716. The Labute approximate surface area is 103 Å².